The Kier molecular flexibility index (Phi) is 2.42. The molecule has 48 valence electrons. The number of hydrogen-bond acceptors (Lipinski definition) is 1. The smallest absolute Gasteiger partial charge is 0.176 e. The van der Waals surface area contributed by atoms with Gasteiger partial charge in [0, 0.05) is 0 Å². The molecule has 0 N–H and O–H groups in total. The number of halogens is 1. The van der Waals surface area contributed by atoms with E-state index in [0.717, 1.165) is 0 Å². The van der Waals surface area contributed by atoms with Crippen molar-refractivity contribution < 1.29 is 9.13 Å². The SMILES string of the molecule is C=C(OC)C(C)(F)P. The molecule has 0 saturated heterocycles. The van der Waals surface area contributed by atoms with Gasteiger partial charge in [0.2, 0.25) is 0 Å². The second-order valence-electron chi connectivity index (χ2n) is 1.70. The Labute approximate surface area is 51.1 Å². The second-order valence-corrected chi connectivity index (χ2v) is 2.79. The van der Waals surface area contributed by atoms with Crippen LogP contribution in [0.25, 0.3) is 0 Å². The molecule has 2 atom stereocenters. The molecule has 0 aromatic heterocycles. The van der Waals surface area contributed by atoms with Crippen LogP contribution in [-0.2, 0) is 4.74 Å². The van der Waals surface area contributed by atoms with Crippen LogP contribution in [-0.4, -0.2) is 12.5 Å². The van der Waals surface area contributed by atoms with E-state index in [9.17, 15) is 4.39 Å². The van der Waals surface area contributed by atoms with Gasteiger partial charge in [0.1, 0.15) is 5.76 Å². The highest BCUT2D eigenvalue weighted by molar-refractivity contribution is 7.19. The zero-order chi connectivity index (χ0) is 6.78. The molecule has 0 aliphatic rings. The minimum absolute atomic E-state index is 0.127. The minimum atomic E-state index is -1.49. The van der Waals surface area contributed by atoms with Crippen molar-refractivity contribution in [1.82, 2.24) is 0 Å². The lowest BCUT2D eigenvalue weighted by Gasteiger charge is -2.14. The van der Waals surface area contributed by atoms with Gasteiger partial charge in [0.25, 0.3) is 0 Å². The number of methoxy groups -OCH3 is 1. The highest BCUT2D eigenvalue weighted by Crippen LogP contribution is 2.27. The van der Waals surface area contributed by atoms with Crippen LogP contribution in [0.4, 0.5) is 4.39 Å². The van der Waals surface area contributed by atoms with Crippen molar-refractivity contribution >= 4 is 9.24 Å². The van der Waals surface area contributed by atoms with Gasteiger partial charge < -0.3 is 4.74 Å². The molecule has 0 aromatic carbocycles. The van der Waals surface area contributed by atoms with Gasteiger partial charge >= 0.3 is 0 Å². The summed E-state index contributed by atoms with van der Waals surface area (Å²) in [7, 11) is 3.38. The fraction of sp³-hybridized carbons (Fsp3) is 0.600. The topological polar surface area (TPSA) is 9.23 Å². The summed E-state index contributed by atoms with van der Waals surface area (Å²) >= 11 is 0. The summed E-state index contributed by atoms with van der Waals surface area (Å²) in [4.78, 5) is 0. The zero-order valence-corrected chi connectivity index (χ0v) is 6.23. The fourth-order valence-corrected chi connectivity index (χ4v) is 0.317. The van der Waals surface area contributed by atoms with Gasteiger partial charge in [0.05, 0.1) is 7.11 Å². The molecular formula is C5H10FOP. The van der Waals surface area contributed by atoms with Crippen LogP contribution in [0.1, 0.15) is 6.92 Å². The third-order valence-corrected chi connectivity index (χ3v) is 1.11. The minimum Gasteiger partial charge on any atom is -0.498 e. The van der Waals surface area contributed by atoms with Gasteiger partial charge in [-0.05, 0) is 6.92 Å². The molecule has 0 amide bonds. The van der Waals surface area contributed by atoms with E-state index in [-0.39, 0.29) is 5.76 Å². The lowest BCUT2D eigenvalue weighted by atomic mass is 10.4. The summed E-state index contributed by atoms with van der Waals surface area (Å²) in [5.74, 6) is 0.127. The van der Waals surface area contributed by atoms with Crippen LogP contribution >= 0.6 is 9.24 Å². The van der Waals surface area contributed by atoms with Gasteiger partial charge in [-0.2, -0.15) is 0 Å². The molecule has 0 aliphatic heterocycles. The average Bonchev–Trinajstić information content (AvgIpc) is 1.62. The maximum atomic E-state index is 12.5. The van der Waals surface area contributed by atoms with E-state index < -0.39 is 5.41 Å². The molecule has 0 fully saturated rings. The maximum Gasteiger partial charge on any atom is 0.176 e. The molecule has 8 heavy (non-hydrogen) atoms. The Morgan fingerprint density at radius 3 is 2.25 bits per heavy atom. The zero-order valence-electron chi connectivity index (χ0n) is 5.07. The van der Waals surface area contributed by atoms with Crippen LogP contribution in [0.3, 0.4) is 0 Å². The first kappa shape index (κ1) is 7.90. The van der Waals surface area contributed by atoms with Crippen molar-refractivity contribution in [3.05, 3.63) is 12.3 Å². The Morgan fingerprint density at radius 2 is 2.25 bits per heavy atom. The van der Waals surface area contributed by atoms with E-state index in [1.807, 2.05) is 9.24 Å². The Bertz CT molecular complexity index is 95.1. The lowest BCUT2D eigenvalue weighted by Crippen LogP contribution is -2.11. The van der Waals surface area contributed by atoms with Crippen molar-refractivity contribution in [2.45, 2.75) is 12.3 Å². The lowest BCUT2D eigenvalue weighted by molar-refractivity contribution is 0.196. The molecule has 0 spiro atoms. The first-order valence-electron chi connectivity index (χ1n) is 2.19. The third kappa shape index (κ3) is 2.27. The first-order valence-corrected chi connectivity index (χ1v) is 2.77. The summed E-state index contributed by atoms with van der Waals surface area (Å²) in [5, 5.41) is -1.49. The van der Waals surface area contributed by atoms with Gasteiger partial charge in [-0.25, -0.2) is 4.39 Å². The quantitative estimate of drug-likeness (QED) is 0.414. The molecule has 0 aromatic rings. The molecular weight excluding hydrogens is 126 g/mol. The second kappa shape index (κ2) is 2.45. The number of ether oxygens (including phenoxy) is 1. The van der Waals surface area contributed by atoms with Crippen LogP contribution in [0, 0.1) is 0 Å². The first-order chi connectivity index (χ1) is 3.48. The molecule has 0 heterocycles. The van der Waals surface area contributed by atoms with E-state index in [2.05, 4.69) is 11.3 Å². The third-order valence-electron chi connectivity index (χ3n) is 0.792. The predicted molar refractivity (Wildman–Crippen MR) is 35.4 cm³/mol. The van der Waals surface area contributed by atoms with Gasteiger partial charge in [-0.3, -0.25) is 0 Å². The maximum absolute atomic E-state index is 12.5. The standard InChI is InChI=1S/C5H10FOP/c1-4(7-3)5(2,6)8/h1,8H2,2-3H3. The van der Waals surface area contributed by atoms with E-state index in [0.29, 0.717) is 0 Å². The van der Waals surface area contributed by atoms with Crippen molar-refractivity contribution in [1.29, 1.82) is 0 Å². The summed E-state index contributed by atoms with van der Waals surface area (Å²) in [6.07, 6.45) is 0. The molecule has 2 unspecified atom stereocenters. The van der Waals surface area contributed by atoms with Gasteiger partial charge in [-0.1, -0.05) is 15.8 Å². The molecule has 0 saturated carbocycles. The van der Waals surface area contributed by atoms with E-state index in [1.165, 1.54) is 14.0 Å². The van der Waals surface area contributed by atoms with E-state index in [4.69, 9.17) is 0 Å². The number of rotatable bonds is 2. The van der Waals surface area contributed by atoms with Crippen molar-refractivity contribution in [3.8, 4) is 0 Å². The van der Waals surface area contributed by atoms with Gasteiger partial charge in [0.15, 0.2) is 5.41 Å². The monoisotopic (exact) mass is 136 g/mol. The van der Waals surface area contributed by atoms with Crippen molar-refractivity contribution in [2.75, 3.05) is 7.11 Å². The molecule has 0 radical (unpaired) electrons. The van der Waals surface area contributed by atoms with Crippen LogP contribution in [0.5, 0.6) is 0 Å². The predicted octanol–water partition coefficient (Wildman–Crippen LogP) is 1.71. The molecule has 0 bridgehead atoms. The molecule has 3 heteroatoms. The molecule has 1 nitrogen and oxygen atoms in total. The fourth-order valence-electron chi connectivity index (χ4n) is 0.200. The van der Waals surface area contributed by atoms with Crippen LogP contribution in [0.2, 0.25) is 0 Å². The summed E-state index contributed by atoms with van der Waals surface area (Å²) in [6.45, 7) is 4.69. The average molecular weight is 136 g/mol. The van der Waals surface area contributed by atoms with E-state index >= 15 is 0 Å². The van der Waals surface area contributed by atoms with Crippen LogP contribution < -0.4 is 0 Å². The van der Waals surface area contributed by atoms with Crippen molar-refractivity contribution in [2.24, 2.45) is 0 Å². The highest BCUT2D eigenvalue weighted by Gasteiger charge is 2.20. The summed E-state index contributed by atoms with van der Waals surface area (Å²) < 4.78 is 17.0. The summed E-state index contributed by atoms with van der Waals surface area (Å²) in [5.41, 5.74) is 0. The van der Waals surface area contributed by atoms with Gasteiger partial charge in [-0.15, -0.1) is 0 Å². The van der Waals surface area contributed by atoms with Crippen molar-refractivity contribution in [3.63, 3.8) is 0 Å². The number of hydrogen-bond donors (Lipinski definition) is 0. The highest BCUT2D eigenvalue weighted by atomic mass is 31.0. The largest absolute Gasteiger partial charge is 0.498 e. The number of alkyl halides is 1. The van der Waals surface area contributed by atoms with Crippen LogP contribution in [0.15, 0.2) is 12.3 Å². The Morgan fingerprint density at radius 1 is 1.88 bits per heavy atom. The molecule has 0 aliphatic carbocycles. The van der Waals surface area contributed by atoms with E-state index in [1.54, 1.807) is 0 Å². The number of allylic oxidation sites excluding steroid dienone is 1. The normalized spacial score (nSPS) is 17.0. The molecule has 0 rings (SSSR count). The summed E-state index contributed by atoms with van der Waals surface area (Å²) in [6, 6.07) is 0. The Balaban J connectivity index is 3.82. The Hall–Kier alpha value is -0.100.